The molecule has 0 radical (unpaired) electrons. The highest BCUT2D eigenvalue weighted by molar-refractivity contribution is 6.35. The molecule has 162 valence electrons. The van der Waals surface area contributed by atoms with Gasteiger partial charge in [-0.15, -0.1) is 0 Å². The fourth-order valence-electron chi connectivity index (χ4n) is 3.68. The zero-order valence-electron chi connectivity index (χ0n) is 16.8. The van der Waals surface area contributed by atoms with Gasteiger partial charge in [-0.3, -0.25) is 9.48 Å². The standard InChI is InChI=1S/C22H19ClFN7O/c23-15-10-29-22(25)19-20(30-31(21(15)19)13-8-26-9-13)14-5-4-12(7-16(14)24)17(32)11-28-18-3-1-2-6-27-18/h1-7,10,13,26H,8-9,11H2,(H2,25,29)(H,27,28). The SMILES string of the molecule is Nc1ncc(Cl)c2c1c(-c1ccc(C(=O)CNc3ccccn3)cc1F)nn2C1CNC1. The molecule has 0 bridgehead atoms. The fraction of sp³-hybridized carbons (Fsp3) is 0.182. The molecule has 32 heavy (non-hydrogen) atoms. The van der Waals surface area contributed by atoms with E-state index in [4.69, 9.17) is 17.3 Å². The molecule has 10 heteroatoms. The van der Waals surface area contributed by atoms with Crippen LogP contribution in [0.2, 0.25) is 5.02 Å². The number of carbonyl (C=O) groups excluding carboxylic acids is 1. The van der Waals surface area contributed by atoms with Gasteiger partial charge in [0.25, 0.3) is 0 Å². The van der Waals surface area contributed by atoms with E-state index >= 15 is 4.39 Å². The number of nitrogens with one attached hydrogen (secondary N) is 2. The minimum Gasteiger partial charge on any atom is -0.383 e. The Morgan fingerprint density at radius 2 is 2.12 bits per heavy atom. The van der Waals surface area contributed by atoms with E-state index in [2.05, 4.69) is 25.7 Å². The Kier molecular flexibility index (Phi) is 5.20. The van der Waals surface area contributed by atoms with Crippen molar-refractivity contribution < 1.29 is 9.18 Å². The third kappa shape index (κ3) is 3.55. The largest absolute Gasteiger partial charge is 0.383 e. The van der Waals surface area contributed by atoms with Gasteiger partial charge in [0.1, 0.15) is 23.1 Å². The van der Waals surface area contributed by atoms with Crippen LogP contribution in [-0.4, -0.2) is 45.2 Å². The summed E-state index contributed by atoms with van der Waals surface area (Å²) in [6.45, 7) is 1.45. The minimum atomic E-state index is -0.577. The van der Waals surface area contributed by atoms with Crippen LogP contribution in [0.5, 0.6) is 0 Å². The lowest BCUT2D eigenvalue weighted by atomic mass is 10.0. The number of Topliss-reactive ketones (excluding diaryl/α,β-unsaturated/α-hetero) is 1. The number of hydrogen-bond donors (Lipinski definition) is 3. The number of pyridine rings is 2. The van der Waals surface area contributed by atoms with Gasteiger partial charge in [-0.1, -0.05) is 23.7 Å². The Morgan fingerprint density at radius 3 is 2.81 bits per heavy atom. The van der Waals surface area contributed by atoms with Gasteiger partial charge in [-0.2, -0.15) is 5.10 Å². The maximum Gasteiger partial charge on any atom is 0.182 e. The Balaban J connectivity index is 1.49. The summed E-state index contributed by atoms with van der Waals surface area (Å²) < 4.78 is 17.0. The number of nitrogen functional groups attached to an aromatic ring is 1. The maximum atomic E-state index is 15.2. The van der Waals surface area contributed by atoms with Crippen molar-refractivity contribution in [1.82, 2.24) is 25.1 Å². The number of ketones is 1. The van der Waals surface area contributed by atoms with Crippen LogP contribution in [-0.2, 0) is 0 Å². The molecule has 4 heterocycles. The molecule has 3 aromatic heterocycles. The average molecular weight is 452 g/mol. The number of halogens is 2. The van der Waals surface area contributed by atoms with E-state index in [1.54, 1.807) is 29.1 Å². The molecule has 0 saturated carbocycles. The normalized spacial score (nSPS) is 13.8. The molecule has 1 fully saturated rings. The summed E-state index contributed by atoms with van der Waals surface area (Å²) in [5.74, 6) is -0.0510. The number of rotatable bonds is 6. The summed E-state index contributed by atoms with van der Waals surface area (Å²) >= 11 is 6.40. The predicted octanol–water partition coefficient (Wildman–Crippen LogP) is 3.31. The fourth-order valence-corrected chi connectivity index (χ4v) is 3.91. The maximum absolute atomic E-state index is 15.2. The Bertz CT molecular complexity index is 1320. The smallest absolute Gasteiger partial charge is 0.182 e. The molecule has 1 aliphatic heterocycles. The van der Waals surface area contributed by atoms with Crippen molar-refractivity contribution in [2.24, 2.45) is 0 Å². The molecule has 4 N–H and O–H groups in total. The number of nitrogens with two attached hydrogens (primary N) is 1. The highest BCUT2D eigenvalue weighted by Crippen LogP contribution is 2.38. The monoisotopic (exact) mass is 451 g/mol. The van der Waals surface area contributed by atoms with Crippen molar-refractivity contribution in [2.75, 3.05) is 30.7 Å². The summed E-state index contributed by atoms with van der Waals surface area (Å²) in [7, 11) is 0. The van der Waals surface area contributed by atoms with E-state index in [1.807, 2.05) is 6.07 Å². The Hall–Kier alpha value is -3.56. The first-order valence-electron chi connectivity index (χ1n) is 10.0. The van der Waals surface area contributed by atoms with E-state index in [1.165, 1.54) is 18.3 Å². The van der Waals surface area contributed by atoms with Crippen molar-refractivity contribution >= 4 is 39.9 Å². The van der Waals surface area contributed by atoms with Gasteiger partial charge < -0.3 is 16.4 Å². The highest BCUT2D eigenvalue weighted by Gasteiger charge is 2.27. The summed E-state index contributed by atoms with van der Waals surface area (Å²) in [6.07, 6.45) is 3.09. The molecular formula is C22H19ClFN7O. The summed E-state index contributed by atoms with van der Waals surface area (Å²) in [4.78, 5) is 20.8. The molecule has 1 aromatic carbocycles. The lowest BCUT2D eigenvalue weighted by molar-refractivity contribution is 0.101. The van der Waals surface area contributed by atoms with E-state index < -0.39 is 5.82 Å². The first-order valence-corrected chi connectivity index (χ1v) is 10.4. The number of anilines is 2. The lowest BCUT2D eigenvalue weighted by Gasteiger charge is -2.28. The Labute approximate surface area is 187 Å². The van der Waals surface area contributed by atoms with Gasteiger partial charge >= 0.3 is 0 Å². The lowest BCUT2D eigenvalue weighted by Crippen LogP contribution is -2.43. The third-order valence-electron chi connectivity index (χ3n) is 5.46. The molecule has 0 atom stereocenters. The number of benzene rings is 1. The van der Waals surface area contributed by atoms with Gasteiger partial charge in [-0.25, -0.2) is 14.4 Å². The number of hydrogen-bond acceptors (Lipinski definition) is 7. The molecule has 5 rings (SSSR count). The quantitative estimate of drug-likeness (QED) is 0.386. The first kappa shape index (κ1) is 20.3. The second kappa shape index (κ2) is 8.18. The zero-order valence-corrected chi connectivity index (χ0v) is 17.6. The number of aromatic nitrogens is 4. The number of carbonyl (C=O) groups is 1. The highest BCUT2D eigenvalue weighted by atomic mass is 35.5. The van der Waals surface area contributed by atoms with Crippen LogP contribution >= 0.6 is 11.6 Å². The van der Waals surface area contributed by atoms with Crippen LogP contribution < -0.4 is 16.4 Å². The average Bonchev–Trinajstić information content (AvgIpc) is 3.15. The molecule has 8 nitrogen and oxygen atoms in total. The van der Waals surface area contributed by atoms with Gasteiger partial charge in [0.05, 0.1) is 34.7 Å². The van der Waals surface area contributed by atoms with Crippen LogP contribution in [0.15, 0.2) is 48.8 Å². The summed E-state index contributed by atoms with van der Waals surface area (Å²) in [5, 5.41) is 11.7. The van der Waals surface area contributed by atoms with Gasteiger partial charge in [-0.05, 0) is 24.3 Å². The van der Waals surface area contributed by atoms with Crippen molar-refractivity contribution in [3.05, 3.63) is 65.2 Å². The van der Waals surface area contributed by atoms with Crippen molar-refractivity contribution in [2.45, 2.75) is 6.04 Å². The third-order valence-corrected chi connectivity index (χ3v) is 5.73. The molecule has 0 aliphatic carbocycles. The van der Waals surface area contributed by atoms with Gasteiger partial charge in [0, 0.05) is 30.4 Å². The predicted molar refractivity (Wildman–Crippen MR) is 121 cm³/mol. The first-order chi connectivity index (χ1) is 15.5. The van der Waals surface area contributed by atoms with Gasteiger partial charge in [0.15, 0.2) is 5.78 Å². The zero-order chi connectivity index (χ0) is 22.2. The van der Waals surface area contributed by atoms with E-state index in [0.717, 1.165) is 13.1 Å². The van der Waals surface area contributed by atoms with Crippen LogP contribution in [0, 0.1) is 5.82 Å². The summed E-state index contributed by atoms with van der Waals surface area (Å²) in [6, 6.07) is 9.75. The van der Waals surface area contributed by atoms with Crippen molar-refractivity contribution in [3.8, 4) is 11.3 Å². The molecule has 1 aliphatic rings. The van der Waals surface area contributed by atoms with E-state index in [9.17, 15) is 4.79 Å². The topological polar surface area (TPSA) is 111 Å². The second-order valence-electron chi connectivity index (χ2n) is 7.51. The second-order valence-corrected chi connectivity index (χ2v) is 7.91. The number of nitrogens with zero attached hydrogens (tertiary/aromatic N) is 4. The number of fused-ring (bicyclic) bond motifs is 1. The summed E-state index contributed by atoms with van der Waals surface area (Å²) in [5.41, 5.74) is 7.57. The molecule has 4 aromatic rings. The minimum absolute atomic E-state index is 0.00544. The van der Waals surface area contributed by atoms with Crippen LogP contribution in [0.1, 0.15) is 16.4 Å². The van der Waals surface area contributed by atoms with Crippen LogP contribution in [0.4, 0.5) is 16.0 Å². The molecule has 0 spiro atoms. The van der Waals surface area contributed by atoms with Crippen molar-refractivity contribution in [3.63, 3.8) is 0 Å². The van der Waals surface area contributed by atoms with Crippen molar-refractivity contribution in [1.29, 1.82) is 0 Å². The molecule has 1 saturated heterocycles. The van der Waals surface area contributed by atoms with E-state index in [-0.39, 0.29) is 35.3 Å². The van der Waals surface area contributed by atoms with Gasteiger partial charge in [0.2, 0.25) is 0 Å². The van der Waals surface area contributed by atoms with Crippen LogP contribution in [0.25, 0.3) is 22.2 Å². The Morgan fingerprint density at radius 1 is 1.28 bits per heavy atom. The van der Waals surface area contributed by atoms with Crippen LogP contribution in [0.3, 0.4) is 0 Å². The van der Waals surface area contributed by atoms with E-state index in [0.29, 0.717) is 27.4 Å². The molecular weight excluding hydrogens is 433 g/mol. The molecule has 0 unspecified atom stereocenters. The molecule has 0 amide bonds.